The first kappa shape index (κ1) is 26.9. The Bertz CT molecular complexity index is 1470. The second kappa shape index (κ2) is 10.8. The first-order chi connectivity index (χ1) is 18.6. The maximum atomic E-state index is 14.8. The molecule has 4 aromatic rings. The van der Waals surface area contributed by atoms with E-state index in [1.54, 1.807) is 12.1 Å². The van der Waals surface area contributed by atoms with Crippen molar-refractivity contribution in [3.63, 3.8) is 0 Å². The number of hydrogen-bond donors (Lipinski definition) is 0. The number of ether oxygens (including phenoxy) is 1. The van der Waals surface area contributed by atoms with E-state index in [1.807, 2.05) is 12.1 Å². The zero-order valence-electron chi connectivity index (χ0n) is 21.2. The van der Waals surface area contributed by atoms with E-state index in [0.29, 0.717) is 17.0 Å². The van der Waals surface area contributed by atoms with Crippen molar-refractivity contribution < 1.29 is 31.1 Å². The fourth-order valence-corrected chi connectivity index (χ4v) is 5.17. The number of benzene rings is 4. The summed E-state index contributed by atoms with van der Waals surface area (Å²) < 4.78 is 88.2. The molecule has 7 heteroatoms. The Morgan fingerprint density at radius 2 is 1.26 bits per heavy atom. The van der Waals surface area contributed by atoms with E-state index in [1.165, 1.54) is 36.5 Å². The lowest BCUT2D eigenvalue weighted by molar-refractivity contribution is -0.187. The maximum absolute atomic E-state index is 14.8. The lowest BCUT2D eigenvalue weighted by atomic mass is 9.97. The van der Waals surface area contributed by atoms with Gasteiger partial charge in [-0.2, -0.15) is 8.78 Å². The Morgan fingerprint density at radius 1 is 0.692 bits per heavy atom. The van der Waals surface area contributed by atoms with Gasteiger partial charge < -0.3 is 4.74 Å². The van der Waals surface area contributed by atoms with Crippen molar-refractivity contribution in [3.05, 3.63) is 113 Å². The Hall–Kier alpha value is -3.74. The standard InChI is InChI=1S/C32H26F6O/c1-2-3-4-19-13-22-9-10-23(15-25(22)14-19)20-5-7-21(8-6-20)24-11-12-27(28(33)16-24)32(37,38)39-26-17-29(34)31(36)30(35)18-26/h5-12,15-19H,2-4,13-14H2,1H3. The summed E-state index contributed by atoms with van der Waals surface area (Å²) in [6.45, 7) is 2.21. The predicted molar refractivity (Wildman–Crippen MR) is 139 cm³/mol. The Kier molecular flexibility index (Phi) is 7.43. The van der Waals surface area contributed by atoms with Crippen LogP contribution in [-0.4, -0.2) is 0 Å². The highest BCUT2D eigenvalue weighted by atomic mass is 19.3. The summed E-state index contributed by atoms with van der Waals surface area (Å²) in [7, 11) is 0. The zero-order valence-corrected chi connectivity index (χ0v) is 21.2. The maximum Gasteiger partial charge on any atom is 0.429 e. The normalized spacial score (nSPS) is 14.9. The van der Waals surface area contributed by atoms with Gasteiger partial charge in [0, 0.05) is 12.1 Å². The van der Waals surface area contributed by atoms with Gasteiger partial charge in [-0.1, -0.05) is 68.3 Å². The third-order valence-electron chi connectivity index (χ3n) is 7.23. The van der Waals surface area contributed by atoms with Crippen molar-refractivity contribution in [3.8, 4) is 28.0 Å². The molecule has 1 unspecified atom stereocenters. The Morgan fingerprint density at radius 3 is 1.87 bits per heavy atom. The molecule has 0 aliphatic heterocycles. The summed E-state index contributed by atoms with van der Waals surface area (Å²) in [6.07, 6.45) is 1.64. The van der Waals surface area contributed by atoms with Gasteiger partial charge in [0.2, 0.25) is 0 Å². The van der Waals surface area contributed by atoms with Crippen molar-refractivity contribution in [2.75, 3.05) is 0 Å². The minimum atomic E-state index is -4.26. The molecule has 1 aliphatic carbocycles. The molecule has 202 valence electrons. The lowest BCUT2D eigenvalue weighted by Gasteiger charge is -2.19. The monoisotopic (exact) mass is 540 g/mol. The van der Waals surface area contributed by atoms with Crippen molar-refractivity contribution in [2.45, 2.75) is 45.1 Å². The van der Waals surface area contributed by atoms with Gasteiger partial charge in [-0.05, 0) is 70.7 Å². The van der Waals surface area contributed by atoms with E-state index in [0.717, 1.165) is 36.1 Å². The van der Waals surface area contributed by atoms with Crippen LogP contribution in [0.1, 0.15) is 42.9 Å². The van der Waals surface area contributed by atoms with E-state index in [2.05, 4.69) is 29.9 Å². The molecule has 0 heterocycles. The smallest absolute Gasteiger partial charge is 0.429 e. The molecule has 39 heavy (non-hydrogen) atoms. The Balaban J connectivity index is 1.32. The van der Waals surface area contributed by atoms with Crippen molar-refractivity contribution in [1.82, 2.24) is 0 Å². The minimum absolute atomic E-state index is 0.270. The lowest BCUT2D eigenvalue weighted by Crippen LogP contribution is -2.23. The van der Waals surface area contributed by atoms with E-state index in [9.17, 15) is 26.3 Å². The summed E-state index contributed by atoms with van der Waals surface area (Å²) in [4.78, 5) is 0. The quantitative estimate of drug-likeness (QED) is 0.160. The molecule has 1 nitrogen and oxygen atoms in total. The molecule has 0 radical (unpaired) electrons. The van der Waals surface area contributed by atoms with E-state index in [-0.39, 0.29) is 12.1 Å². The SMILES string of the molecule is CCCCC1Cc2ccc(-c3ccc(-c4ccc(C(F)(F)Oc5cc(F)c(F)c(F)c5)c(F)c4)cc3)cc2C1. The van der Waals surface area contributed by atoms with Crippen LogP contribution in [0.4, 0.5) is 26.3 Å². The number of rotatable bonds is 8. The van der Waals surface area contributed by atoms with Gasteiger partial charge in [0.05, 0.1) is 5.56 Å². The van der Waals surface area contributed by atoms with Gasteiger partial charge in [0.15, 0.2) is 17.5 Å². The molecule has 0 fully saturated rings. The topological polar surface area (TPSA) is 9.23 Å². The molecular weight excluding hydrogens is 514 g/mol. The summed E-state index contributed by atoms with van der Waals surface area (Å²) in [5, 5.41) is 0. The van der Waals surface area contributed by atoms with Gasteiger partial charge in [0.25, 0.3) is 0 Å². The first-order valence-electron chi connectivity index (χ1n) is 12.9. The predicted octanol–water partition coefficient (Wildman–Crippen LogP) is 9.61. The molecular formula is C32H26F6O. The van der Waals surface area contributed by atoms with Gasteiger partial charge in [-0.3, -0.25) is 0 Å². The van der Waals surface area contributed by atoms with Crippen LogP contribution in [0.5, 0.6) is 5.75 Å². The van der Waals surface area contributed by atoms with Crippen LogP contribution in [0.3, 0.4) is 0 Å². The van der Waals surface area contributed by atoms with Crippen LogP contribution in [-0.2, 0) is 19.0 Å². The molecule has 1 aliphatic rings. The van der Waals surface area contributed by atoms with Gasteiger partial charge in [-0.25, -0.2) is 17.6 Å². The zero-order chi connectivity index (χ0) is 27.7. The van der Waals surface area contributed by atoms with Crippen molar-refractivity contribution in [2.24, 2.45) is 5.92 Å². The summed E-state index contributed by atoms with van der Waals surface area (Å²) in [5.74, 6) is -6.75. The molecule has 0 saturated carbocycles. The Labute approximate surface area is 223 Å². The summed E-state index contributed by atoms with van der Waals surface area (Å²) in [5.41, 5.74) is 4.73. The van der Waals surface area contributed by atoms with Crippen LogP contribution < -0.4 is 4.74 Å². The van der Waals surface area contributed by atoms with Crippen molar-refractivity contribution >= 4 is 0 Å². The molecule has 0 saturated heterocycles. The number of alkyl halides is 2. The van der Waals surface area contributed by atoms with Crippen LogP contribution in [0.15, 0.2) is 72.8 Å². The second-order valence-corrected chi connectivity index (χ2v) is 9.99. The van der Waals surface area contributed by atoms with Crippen LogP contribution in [0, 0.1) is 29.2 Å². The number of halogens is 6. The average molecular weight is 541 g/mol. The third-order valence-corrected chi connectivity index (χ3v) is 7.23. The highest BCUT2D eigenvalue weighted by Crippen LogP contribution is 2.37. The van der Waals surface area contributed by atoms with Crippen molar-refractivity contribution in [1.29, 1.82) is 0 Å². The van der Waals surface area contributed by atoms with Crippen LogP contribution in [0.2, 0.25) is 0 Å². The molecule has 0 N–H and O–H groups in total. The molecule has 0 spiro atoms. The van der Waals surface area contributed by atoms with E-state index in [4.69, 9.17) is 0 Å². The van der Waals surface area contributed by atoms with Gasteiger partial charge in [-0.15, -0.1) is 0 Å². The average Bonchev–Trinajstić information content (AvgIpc) is 3.32. The van der Waals surface area contributed by atoms with E-state index < -0.39 is 40.7 Å². The number of unbranched alkanes of at least 4 members (excludes halogenated alkanes) is 1. The van der Waals surface area contributed by atoms with Crippen LogP contribution >= 0.6 is 0 Å². The van der Waals surface area contributed by atoms with Crippen LogP contribution in [0.25, 0.3) is 22.3 Å². The largest absolute Gasteiger partial charge is 0.429 e. The fourth-order valence-electron chi connectivity index (χ4n) is 5.17. The molecule has 1 atom stereocenters. The molecule has 0 aromatic heterocycles. The molecule has 5 rings (SSSR count). The number of fused-ring (bicyclic) bond motifs is 1. The summed E-state index contributed by atoms with van der Waals surface area (Å²) >= 11 is 0. The third kappa shape index (κ3) is 5.68. The fraction of sp³-hybridized carbons (Fsp3) is 0.250. The van der Waals surface area contributed by atoms with E-state index >= 15 is 0 Å². The van der Waals surface area contributed by atoms with Gasteiger partial charge in [0.1, 0.15) is 11.6 Å². The molecule has 0 bridgehead atoms. The highest BCUT2D eigenvalue weighted by molar-refractivity contribution is 5.71. The van der Waals surface area contributed by atoms with Gasteiger partial charge >= 0.3 is 6.11 Å². The second-order valence-electron chi connectivity index (χ2n) is 9.99. The summed E-state index contributed by atoms with van der Waals surface area (Å²) in [6, 6.07) is 17.6. The number of hydrogen-bond acceptors (Lipinski definition) is 1. The molecule has 0 amide bonds. The first-order valence-corrected chi connectivity index (χ1v) is 12.9. The molecule has 4 aromatic carbocycles. The minimum Gasteiger partial charge on any atom is -0.429 e. The highest BCUT2D eigenvalue weighted by Gasteiger charge is 2.38.